The molecule has 0 aliphatic rings. The molecule has 0 radical (unpaired) electrons. The highest BCUT2D eigenvalue weighted by molar-refractivity contribution is 5.69. The molecule has 1 atom stereocenters. The van der Waals surface area contributed by atoms with E-state index in [0.29, 0.717) is 29.9 Å². The highest BCUT2D eigenvalue weighted by Crippen LogP contribution is 2.31. The summed E-state index contributed by atoms with van der Waals surface area (Å²) >= 11 is 0. The first-order chi connectivity index (χ1) is 11.8. The van der Waals surface area contributed by atoms with E-state index in [2.05, 4.69) is 14.5 Å². The third-order valence-corrected chi connectivity index (χ3v) is 3.15. The summed E-state index contributed by atoms with van der Waals surface area (Å²) < 4.78 is 54.6. The average molecular weight is 363 g/mol. The minimum absolute atomic E-state index is 0.238. The fourth-order valence-electron chi connectivity index (χ4n) is 1.83. The van der Waals surface area contributed by atoms with Crippen molar-refractivity contribution in [2.24, 2.45) is 4.99 Å². The van der Waals surface area contributed by atoms with Gasteiger partial charge in [-0.05, 0) is 31.0 Å². The first kappa shape index (κ1) is 20.6. The van der Waals surface area contributed by atoms with Crippen LogP contribution in [0.3, 0.4) is 0 Å². The molecule has 9 heteroatoms. The third kappa shape index (κ3) is 7.77. The molecule has 0 aliphatic heterocycles. The number of hydrogen-bond donors (Lipinski definition) is 0. The van der Waals surface area contributed by atoms with Gasteiger partial charge in [-0.2, -0.15) is 0 Å². The second kappa shape index (κ2) is 9.75. The van der Waals surface area contributed by atoms with Gasteiger partial charge in [0.25, 0.3) is 0 Å². The number of esters is 1. The van der Waals surface area contributed by atoms with Crippen molar-refractivity contribution in [3.63, 3.8) is 0 Å². The van der Waals surface area contributed by atoms with Gasteiger partial charge in [0.05, 0.1) is 26.9 Å². The van der Waals surface area contributed by atoms with Gasteiger partial charge in [-0.15, -0.1) is 13.2 Å². The van der Waals surface area contributed by atoms with Crippen molar-refractivity contribution in [1.29, 1.82) is 0 Å². The second-order valence-electron chi connectivity index (χ2n) is 4.93. The number of rotatable bonds is 9. The monoisotopic (exact) mass is 363 g/mol. The van der Waals surface area contributed by atoms with Gasteiger partial charge in [-0.25, -0.2) is 0 Å². The minimum Gasteiger partial charge on any atom is -0.493 e. The van der Waals surface area contributed by atoms with Crippen LogP contribution in [0.1, 0.15) is 31.4 Å². The largest absolute Gasteiger partial charge is 0.573 e. The molecule has 140 valence electrons. The number of aliphatic imine (C=N–C) groups is 1. The Morgan fingerprint density at radius 2 is 2.00 bits per heavy atom. The lowest BCUT2D eigenvalue weighted by Gasteiger charge is -2.14. The predicted molar refractivity (Wildman–Crippen MR) is 83.8 cm³/mol. The van der Waals surface area contributed by atoms with Crippen LogP contribution in [0.5, 0.6) is 11.5 Å². The zero-order valence-corrected chi connectivity index (χ0v) is 14.1. The summed E-state index contributed by atoms with van der Waals surface area (Å²) in [6, 6.07) is 4.34. The van der Waals surface area contributed by atoms with E-state index in [-0.39, 0.29) is 19.0 Å². The van der Waals surface area contributed by atoms with Crippen LogP contribution in [-0.4, -0.2) is 39.6 Å². The number of carbonyl (C=O) groups is 1. The quantitative estimate of drug-likeness (QED) is 0.290. The van der Waals surface area contributed by atoms with E-state index < -0.39 is 12.4 Å². The summed E-state index contributed by atoms with van der Waals surface area (Å²) in [5.74, 6) is 0.548. The van der Waals surface area contributed by atoms with E-state index in [1.807, 2.05) is 0 Å². The molecule has 0 heterocycles. The molecule has 0 N–H and O–H groups in total. The highest BCUT2D eigenvalue weighted by atomic mass is 19.4. The third-order valence-electron chi connectivity index (χ3n) is 3.15. The molecule has 0 aliphatic carbocycles. The molecule has 0 saturated carbocycles. The Labute approximate surface area is 143 Å². The van der Waals surface area contributed by atoms with Crippen LogP contribution in [0.15, 0.2) is 23.2 Å². The summed E-state index contributed by atoms with van der Waals surface area (Å²) in [6.45, 7) is 1.90. The second-order valence-corrected chi connectivity index (χ2v) is 4.93. The van der Waals surface area contributed by atoms with Gasteiger partial charge >= 0.3 is 12.3 Å². The topological polar surface area (TPSA) is 66.4 Å². The Bertz CT molecular complexity index is 590. The summed E-state index contributed by atoms with van der Waals surface area (Å²) in [6.07, 6.45) is -3.67. The van der Waals surface area contributed by atoms with Gasteiger partial charge in [0.1, 0.15) is 0 Å². The molecule has 25 heavy (non-hydrogen) atoms. The van der Waals surface area contributed by atoms with Gasteiger partial charge in [0.15, 0.2) is 17.9 Å². The van der Waals surface area contributed by atoms with Gasteiger partial charge in [0, 0.05) is 6.42 Å². The standard InChI is InChI=1S/C16H20F3NO5/c1-11(20-10-25-16(17,18)19)12-6-7-13(14(9-12)22-2)24-8-4-5-15(21)23-3/h6-7,9-11H,4-5,8H2,1-3H3. The van der Waals surface area contributed by atoms with E-state index in [4.69, 9.17) is 9.47 Å². The van der Waals surface area contributed by atoms with E-state index in [9.17, 15) is 18.0 Å². The number of carbonyl (C=O) groups excluding carboxylic acids is 1. The number of alkyl halides is 3. The molecule has 0 bridgehead atoms. The van der Waals surface area contributed by atoms with Crippen LogP contribution in [0.2, 0.25) is 0 Å². The van der Waals surface area contributed by atoms with Gasteiger partial charge in [0.2, 0.25) is 0 Å². The molecule has 0 saturated heterocycles. The van der Waals surface area contributed by atoms with Crippen molar-refractivity contribution in [1.82, 2.24) is 0 Å². The van der Waals surface area contributed by atoms with Gasteiger partial charge in [-0.3, -0.25) is 9.79 Å². The Kier molecular flexibility index (Phi) is 8.03. The number of halogens is 3. The van der Waals surface area contributed by atoms with Crippen molar-refractivity contribution in [3.8, 4) is 11.5 Å². The lowest BCUT2D eigenvalue weighted by atomic mass is 10.1. The maximum atomic E-state index is 11.9. The number of benzene rings is 1. The summed E-state index contributed by atoms with van der Waals surface area (Å²) in [7, 11) is 2.76. The van der Waals surface area contributed by atoms with Crippen molar-refractivity contribution in [2.45, 2.75) is 32.2 Å². The maximum Gasteiger partial charge on any atom is 0.573 e. The van der Waals surface area contributed by atoms with Crippen molar-refractivity contribution < 1.29 is 36.9 Å². The summed E-state index contributed by atoms with van der Waals surface area (Å²) in [5, 5.41) is 0. The summed E-state index contributed by atoms with van der Waals surface area (Å²) in [4.78, 5) is 14.7. The normalized spacial score (nSPS) is 12.7. The average Bonchev–Trinajstić information content (AvgIpc) is 2.57. The highest BCUT2D eigenvalue weighted by Gasteiger charge is 2.29. The van der Waals surface area contributed by atoms with E-state index in [0.717, 1.165) is 0 Å². The van der Waals surface area contributed by atoms with Crippen LogP contribution in [-0.2, 0) is 14.3 Å². The number of ether oxygens (including phenoxy) is 4. The van der Waals surface area contributed by atoms with E-state index >= 15 is 0 Å². The molecule has 0 aromatic heterocycles. The SMILES string of the molecule is COC(=O)CCCOc1ccc(C(C)N=COC(F)(F)F)cc1OC. The zero-order valence-electron chi connectivity index (χ0n) is 14.1. The Hall–Kier alpha value is -2.45. The zero-order chi connectivity index (χ0) is 18.9. The van der Waals surface area contributed by atoms with Crippen LogP contribution >= 0.6 is 0 Å². The number of nitrogens with zero attached hydrogens (tertiary/aromatic N) is 1. The molecular formula is C16H20F3NO5. The Morgan fingerprint density at radius 3 is 2.60 bits per heavy atom. The molecule has 1 unspecified atom stereocenters. The molecule has 1 aromatic carbocycles. The molecular weight excluding hydrogens is 343 g/mol. The number of hydrogen-bond acceptors (Lipinski definition) is 6. The summed E-state index contributed by atoms with van der Waals surface area (Å²) in [5.41, 5.74) is 0.626. The first-order valence-corrected chi connectivity index (χ1v) is 7.40. The van der Waals surface area contributed by atoms with Crippen LogP contribution < -0.4 is 9.47 Å². The van der Waals surface area contributed by atoms with Crippen molar-refractivity contribution in [2.75, 3.05) is 20.8 Å². The molecule has 1 rings (SSSR count). The molecule has 6 nitrogen and oxygen atoms in total. The van der Waals surface area contributed by atoms with Gasteiger partial charge < -0.3 is 18.9 Å². The fraction of sp³-hybridized carbons (Fsp3) is 0.500. The Balaban J connectivity index is 2.66. The van der Waals surface area contributed by atoms with Crippen LogP contribution in [0, 0.1) is 0 Å². The maximum absolute atomic E-state index is 11.9. The first-order valence-electron chi connectivity index (χ1n) is 7.40. The number of methoxy groups -OCH3 is 2. The fourth-order valence-corrected chi connectivity index (χ4v) is 1.83. The smallest absolute Gasteiger partial charge is 0.493 e. The Morgan fingerprint density at radius 1 is 1.28 bits per heavy atom. The lowest BCUT2D eigenvalue weighted by molar-refractivity contribution is -0.280. The molecule has 0 amide bonds. The van der Waals surface area contributed by atoms with Crippen LogP contribution in [0.4, 0.5) is 13.2 Å². The van der Waals surface area contributed by atoms with E-state index in [1.54, 1.807) is 25.1 Å². The van der Waals surface area contributed by atoms with E-state index in [1.165, 1.54) is 14.2 Å². The lowest BCUT2D eigenvalue weighted by Crippen LogP contribution is -2.12. The minimum atomic E-state index is -4.76. The molecule has 0 fully saturated rings. The molecule has 1 aromatic rings. The predicted octanol–water partition coefficient (Wildman–Crippen LogP) is 3.65. The molecule has 0 spiro atoms. The van der Waals surface area contributed by atoms with Crippen molar-refractivity contribution in [3.05, 3.63) is 23.8 Å². The van der Waals surface area contributed by atoms with Crippen molar-refractivity contribution >= 4 is 12.4 Å². The van der Waals surface area contributed by atoms with Crippen LogP contribution in [0.25, 0.3) is 0 Å². The van der Waals surface area contributed by atoms with Gasteiger partial charge in [-0.1, -0.05) is 6.07 Å².